The fraction of sp³-hybridized carbons (Fsp3) is 1.00. The topological polar surface area (TPSA) is 40.5 Å². The van der Waals surface area contributed by atoms with E-state index in [-0.39, 0.29) is 18.9 Å². The molecule has 4 heteroatoms. The van der Waals surface area contributed by atoms with E-state index in [9.17, 15) is 0 Å². The molecule has 0 aliphatic rings. The third-order valence-electron chi connectivity index (χ3n) is 1.13. The Kier molecular flexibility index (Phi) is 6.62. The van der Waals surface area contributed by atoms with Crippen molar-refractivity contribution in [3.63, 3.8) is 0 Å². The van der Waals surface area contributed by atoms with Crippen LogP contribution in [0.25, 0.3) is 0 Å². The van der Waals surface area contributed by atoms with Gasteiger partial charge in [0.25, 0.3) is 0 Å². The number of hydrogen-bond donors (Lipinski definition) is 2. The van der Waals surface area contributed by atoms with Crippen LogP contribution < -0.4 is 0 Å². The van der Waals surface area contributed by atoms with Gasteiger partial charge in [-0.3, -0.25) is 0 Å². The Morgan fingerprint density at radius 3 is 1.38 bits per heavy atom. The summed E-state index contributed by atoms with van der Waals surface area (Å²) in [5, 5.41) is 0. The summed E-state index contributed by atoms with van der Waals surface area (Å²) in [6, 6.07) is 1.09. The molecule has 0 saturated heterocycles. The van der Waals surface area contributed by atoms with E-state index in [4.69, 9.17) is 9.59 Å². The fourth-order valence-electron chi connectivity index (χ4n) is 0.250. The average Bonchev–Trinajstić information content (AvgIpc) is 1.68. The summed E-state index contributed by atoms with van der Waals surface area (Å²) in [4.78, 5) is 17.7. The maximum atomic E-state index is 8.83. The molecule has 0 unspecified atom stereocenters. The van der Waals surface area contributed by atoms with Crippen LogP contribution in [-0.4, -0.2) is 37.0 Å². The van der Waals surface area contributed by atoms with Gasteiger partial charge in [-0.15, -0.1) is 0 Å². The molecule has 0 rings (SSSR count). The van der Waals surface area contributed by atoms with Crippen molar-refractivity contribution in [3.05, 3.63) is 0 Å². The van der Waals surface area contributed by atoms with Gasteiger partial charge in [0.2, 0.25) is 0 Å². The van der Waals surface area contributed by atoms with Crippen LogP contribution in [0.2, 0.25) is 12.1 Å². The van der Waals surface area contributed by atoms with Crippen LogP contribution in [0.5, 0.6) is 0 Å². The normalized spacial score (nSPS) is 10.5. The molecule has 0 amide bonds. The summed E-state index contributed by atoms with van der Waals surface area (Å²) in [5.41, 5.74) is 0. The van der Waals surface area contributed by atoms with Gasteiger partial charge in [-0.1, -0.05) is 13.8 Å². The van der Waals surface area contributed by atoms with Crippen molar-refractivity contribution in [3.8, 4) is 0 Å². The molecule has 0 aliphatic carbocycles. The first-order valence-corrected chi connectivity index (χ1v) is 4.88. The van der Waals surface area contributed by atoms with E-state index in [1.54, 1.807) is 13.8 Å². The zero-order valence-corrected chi connectivity index (χ0v) is 5.81. The third-order valence-corrected chi connectivity index (χ3v) is 3.40. The molecule has 0 aliphatic heterocycles. The predicted octanol–water partition coefficient (Wildman–Crippen LogP) is -0.196. The Bertz CT molecular complexity index is 52.0. The molecule has 0 saturated carbocycles. The van der Waals surface area contributed by atoms with Gasteiger partial charge in [-0.05, 0) is 12.1 Å². The molecule has 0 aromatic rings. The molecule has 46 valence electrons. The quantitative estimate of drug-likeness (QED) is 0.506. The van der Waals surface area contributed by atoms with Crippen molar-refractivity contribution >= 4 is 27.4 Å². The monoisotopic (exact) mass is 128 g/mol. The summed E-state index contributed by atoms with van der Waals surface area (Å²) in [5.74, 6) is 0. The first kappa shape index (κ1) is 11.5. The second-order valence-corrected chi connectivity index (χ2v) is 5.07. The maximum absolute atomic E-state index is 8.83. The molecule has 0 atom stereocenters. The van der Waals surface area contributed by atoms with E-state index >= 15 is 0 Å². The summed E-state index contributed by atoms with van der Waals surface area (Å²) < 4.78 is 0. The van der Waals surface area contributed by atoms with E-state index in [0.717, 1.165) is 0 Å². The van der Waals surface area contributed by atoms with Crippen LogP contribution in [0.15, 0.2) is 0 Å². The molecule has 0 spiro atoms. The first-order chi connectivity index (χ1) is 3.12. The molecule has 0 aromatic heterocycles. The number of rotatable bonds is 2. The Labute approximate surface area is 63.3 Å². The van der Waals surface area contributed by atoms with Crippen molar-refractivity contribution in [2.75, 3.05) is 0 Å². The van der Waals surface area contributed by atoms with Crippen LogP contribution in [-0.2, 0) is 0 Å². The van der Waals surface area contributed by atoms with Gasteiger partial charge in [0.1, 0.15) is 0 Å². The van der Waals surface area contributed by atoms with Gasteiger partial charge in [0, 0.05) is 0 Å². The van der Waals surface area contributed by atoms with Crippen molar-refractivity contribution in [1.29, 1.82) is 0 Å². The molecular weight excluding hydrogens is 115 g/mol. The molecule has 0 radical (unpaired) electrons. The van der Waals surface area contributed by atoms with Crippen molar-refractivity contribution in [1.82, 2.24) is 0 Å². The summed E-state index contributed by atoms with van der Waals surface area (Å²) in [6.45, 7) is 3.60. The Hall–Kier alpha value is 0.734. The number of hydrogen-bond acceptors (Lipinski definition) is 2. The van der Waals surface area contributed by atoms with Crippen molar-refractivity contribution in [2.45, 2.75) is 25.9 Å². The standard InChI is InChI=1S/C4H12O2Si.Li.H/c1-3-7(5,6)4-2;;/h5-6H,3-4H2,1-2H3;;. The van der Waals surface area contributed by atoms with Crippen molar-refractivity contribution < 1.29 is 9.59 Å². The van der Waals surface area contributed by atoms with E-state index in [0.29, 0.717) is 12.1 Å². The fourth-order valence-corrected chi connectivity index (χ4v) is 0.750. The van der Waals surface area contributed by atoms with Gasteiger partial charge in [0.05, 0.1) is 0 Å². The molecule has 0 bridgehead atoms. The van der Waals surface area contributed by atoms with E-state index in [2.05, 4.69) is 0 Å². The summed E-state index contributed by atoms with van der Waals surface area (Å²) in [6.07, 6.45) is 0. The minimum absolute atomic E-state index is 0. The van der Waals surface area contributed by atoms with Crippen LogP contribution in [0, 0.1) is 0 Å². The molecular formula is C4H13LiO2Si. The van der Waals surface area contributed by atoms with Gasteiger partial charge in [-0.25, -0.2) is 0 Å². The summed E-state index contributed by atoms with van der Waals surface area (Å²) in [7, 11) is -2.65. The van der Waals surface area contributed by atoms with Crippen LogP contribution in [0.1, 0.15) is 13.8 Å². The van der Waals surface area contributed by atoms with Gasteiger partial charge < -0.3 is 9.59 Å². The Morgan fingerprint density at radius 2 is 1.38 bits per heavy atom. The van der Waals surface area contributed by atoms with Crippen molar-refractivity contribution in [2.24, 2.45) is 0 Å². The van der Waals surface area contributed by atoms with Crippen LogP contribution >= 0.6 is 0 Å². The summed E-state index contributed by atoms with van der Waals surface area (Å²) >= 11 is 0. The Balaban J connectivity index is 0. The average molecular weight is 128 g/mol. The molecule has 8 heavy (non-hydrogen) atoms. The third kappa shape index (κ3) is 4.88. The second kappa shape index (κ2) is 4.60. The Morgan fingerprint density at radius 1 is 1.12 bits per heavy atom. The zero-order chi connectivity index (χ0) is 5.91. The minimum atomic E-state index is -2.65. The van der Waals surface area contributed by atoms with E-state index in [1.807, 2.05) is 0 Å². The molecule has 0 fully saturated rings. The first-order valence-electron chi connectivity index (χ1n) is 2.57. The molecule has 2 nitrogen and oxygen atoms in total. The van der Waals surface area contributed by atoms with E-state index in [1.165, 1.54) is 0 Å². The SMILES string of the molecule is CC[Si](O)(O)CC.[LiH]. The predicted molar refractivity (Wildman–Crippen MR) is 38.3 cm³/mol. The zero-order valence-electron chi connectivity index (χ0n) is 4.81. The molecule has 0 aromatic carbocycles. The van der Waals surface area contributed by atoms with Gasteiger partial charge >= 0.3 is 27.4 Å². The van der Waals surface area contributed by atoms with Gasteiger partial charge in [0.15, 0.2) is 0 Å². The molecule has 2 N–H and O–H groups in total. The van der Waals surface area contributed by atoms with E-state index < -0.39 is 8.56 Å². The second-order valence-electron chi connectivity index (χ2n) is 1.69. The van der Waals surface area contributed by atoms with Crippen LogP contribution in [0.3, 0.4) is 0 Å². The molecule has 0 heterocycles. The van der Waals surface area contributed by atoms with Gasteiger partial charge in [-0.2, -0.15) is 0 Å². The van der Waals surface area contributed by atoms with Crippen LogP contribution in [0.4, 0.5) is 0 Å².